The first-order valence-electron chi connectivity index (χ1n) is 5.88. The van der Waals surface area contributed by atoms with E-state index in [1.54, 1.807) is 13.1 Å². The van der Waals surface area contributed by atoms with Gasteiger partial charge in [0.15, 0.2) is 5.96 Å². The van der Waals surface area contributed by atoms with Crippen LogP contribution in [0.4, 0.5) is 0 Å². The van der Waals surface area contributed by atoms with Crippen molar-refractivity contribution in [2.75, 3.05) is 27.7 Å². The molecule has 0 atom stereocenters. The molecule has 1 aromatic rings. The smallest absolute Gasteiger partial charge is 0.193 e. The average Bonchev–Trinajstić information content (AvgIpc) is 2.38. The molecule has 98 valence electrons. The number of benzene rings is 1. The van der Waals surface area contributed by atoms with Crippen LogP contribution in [0.5, 0.6) is 5.75 Å². The fourth-order valence-corrected chi connectivity index (χ4v) is 1.55. The van der Waals surface area contributed by atoms with E-state index in [2.05, 4.69) is 16.9 Å². The summed E-state index contributed by atoms with van der Waals surface area (Å²) >= 11 is 0. The zero-order chi connectivity index (χ0) is 13.4. The topological polar surface area (TPSA) is 36.9 Å². The summed E-state index contributed by atoms with van der Waals surface area (Å²) in [6.45, 7) is 4.84. The maximum atomic E-state index is 5.60. The van der Waals surface area contributed by atoms with E-state index < -0.39 is 0 Å². The Morgan fingerprint density at radius 3 is 2.78 bits per heavy atom. The zero-order valence-electron chi connectivity index (χ0n) is 11.3. The van der Waals surface area contributed by atoms with Gasteiger partial charge in [-0.3, -0.25) is 4.99 Å². The van der Waals surface area contributed by atoms with Crippen molar-refractivity contribution in [3.8, 4) is 5.75 Å². The van der Waals surface area contributed by atoms with E-state index in [-0.39, 0.29) is 0 Å². The van der Waals surface area contributed by atoms with E-state index >= 15 is 0 Å². The summed E-state index contributed by atoms with van der Waals surface area (Å²) in [5.41, 5.74) is 1.10. The van der Waals surface area contributed by atoms with E-state index in [1.165, 1.54) is 0 Å². The number of nitrogens with one attached hydrogen (secondary N) is 1. The quantitative estimate of drug-likeness (QED) is 0.490. The molecule has 1 aromatic carbocycles. The van der Waals surface area contributed by atoms with Gasteiger partial charge in [-0.05, 0) is 6.07 Å². The van der Waals surface area contributed by atoms with E-state index in [0.29, 0.717) is 13.2 Å². The van der Waals surface area contributed by atoms with Crippen molar-refractivity contribution in [1.29, 1.82) is 0 Å². The first kappa shape index (κ1) is 14.1. The molecule has 0 radical (unpaired) electrons. The second-order valence-electron chi connectivity index (χ2n) is 4.00. The summed E-state index contributed by atoms with van der Waals surface area (Å²) in [6.07, 6.45) is 1.74. The van der Waals surface area contributed by atoms with Crippen molar-refractivity contribution in [1.82, 2.24) is 10.2 Å². The molecule has 0 bridgehead atoms. The largest absolute Gasteiger partial charge is 0.489 e. The Labute approximate surface area is 109 Å². The first-order valence-corrected chi connectivity index (χ1v) is 5.88. The minimum atomic E-state index is 0.513. The Hall–Kier alpha value is -1.97. The summed E-state index contributed by atoms with van der Waals surface area (Å²) in [5, 5.41) is 3.27. The molecular formula is C14H21N3O. The number of aliphatic imine (C=N–C) groups is 1. The molecule has 0 spiro atoms. The van der Waals surface area contributed by atoms with Gasteiger partial charge in [-0.15, -0.1) is 0 Å². The molecule has 1 N–H and O–H groups in total. The number of hydrogen-bond donors (Lipinski definition) is 1. The number of nitrogens with zero attached hydrogens (tertiary/aromatic N) is 2. The van der Waals surface area contributed by atoms with Crippen molar-refractivity contribution in [2.24, 2.45) is 4.99 Å². The highest BCUT2D eigenvalue weighted by molar-refractivity contribution is 5.79. The number of ether oxygens (including phenoxy) is 1. The molecule has 0 saturated carbocycles. The van der Waals surface area contributed by atoms with Crippen molar-refractivity contribution in [3.05, 3.63) is 42.5 Å². The Bertz CT molecular complexity index is 413. The van der Waals surface area contributed by atoms with E-state index in [4.69, 9.17) is 4.74 Å². The first-order chi connectivity index (χ1) is 8.69. The molecule has 18 heavy (non-hydrogen) atoms. The van der Waals surface area contributed by atoms with E-state index in [1.807, 2.05) is 43.3 Å². The molecule has 0 heterocycles. The average molecular weight is 247 g/mol. The van der Waals surface area contributed by atoms with Gasteiger partial charge in [-0.25, -0.2) is 0 Å². The van der Waals surface area contributed by atoms with Crippen LogP contribution in [-0.2, 0) is 6.54 Å². The highest BCUT2D eigenvalue weighted by Crippen LogP contribution is 2.17. The third kappa shape index (κ3) is 4.13. The van der Waals surface area contributed by atoms with Crippen LogP contribution >= 0.6 is 0 Å². The van der Waals surface area contributed by atoms with Crippen LogP contribution in [0.2, 0.25) is 0 Å². The lowest BCUT2D eigenvalue weighted by molar-refractivity contribution is 0.358. The van der Waals surface area contributed by atoms with Gasteiger partial charge in [0.1, 0.15) is 12.4 Å². The standard InChI is InChI=1S/C14H21N3O/c1-5-10-18-13-9-7-6-8-12(13)11-16-14(15-2)17(3)4/h5-9H,1,10-11H2,2-4H3,(H,15,16). The van der Waals surface area contributed by atoms with Gasteiger partial charge >= 0.3 is 0 Å². The summed E-state index contributed by atoms with van der Waals surface area (Å²) in [7, 11) is 5.67. The van der Waals surface area contributed by atoms with Crippen LogP contribution < -0.4 is 10.1 Å². The minimum absolute atomic E-state index is 0.513. The van der Waals surface area contributed by atoms with Crippen LogP contribution in [0.15, 0.2) is 41.9 Å². The van der Waals surface area contributed by atoms with Crippen LogP contribution in [0.1, 0.15) is 5.56 Å². The third-order valence-corrected chi connectivity index (χ3v) is 2.40. The van der Waals surface area contributed by atoms with Crippen LogP contribution in [0.3, 0.4) is 0 Å². The monoisotopic (exact) mass is 247 g/mol. The maximum Gasteiger partial charge on any atom is 0.193 e. The molecule has 4 heteroatoms. The fraction of sp³-hybridized carbons (Fsp3) is 0.357. The summed E-state index contributed by atoms with van der Waals surface area (Å²) in [6, 6.07) is 7.95. The van der Waals surface area contributed by atoms with Gasteiger partial charge in [0.2, 0.25) is 0 Å². The van der Waals surface area contributed by atoms with E-state index in [0.717, 1.165) is 17.3 Å². The Kier molecular flexibility index (Phi) is 5.77. The van der Waals surface area contributed by atoms with Crippen molar-refractivity contribution >= 4 is 5.96 Å². The van der Waals surface area contributed by atoms with Gasteiger partial charge in [0, 0.05) is 33.3 Å². The molecule has 0 amide bonds. The van der Waals surface area contributed by atoms with Gasteiger partial charge < -0.3 is 15.0 Å². The molecule has 0 saturated heterocycles. The lowest BCUT2D eigenvalue weighted by Crippen LogP contribution is -2.35. The lowest BCUT2D eigenvalue weighted by atomic mass is 10.2. The number of guanidine groups is 1. The van der Waals surface area contributed by atoms with E-state index in [9.17, 15) is 0 Å². The predicted octanol–water partition coefficient (Wildman–Crippen LogP) is 1.89. The van der Waals surface area contributed by atoms with Crippen LogP contribution in [-0.4, -0.2) is 38.6 Å². The molecule has 4 nitrogen and oxygen atoms in total. The fourth-order valence-electron chi connectivity index (χ4n) is 1.55. The second-order valence-corrected chi connectivity index (χ2v) is 4.00. The van der Waals surface area contributed by atoms with Gasteiger partial charge in [0.25, 0.3) is 0 Å². The maximum absolute atomic E-state index is 5.60. The SMILES string of the molecule is C=CCOc1ccccc1CNC(=NC)N(C)C. The highest BCUT2D eigenvalue weighted by Gasteiger charge is 2.04. The second kappa shape index (κ2) is 7.37. The predicted molar refractivity (Wildman–Crippen MR) is 76.0 cm³/mol. The summed E-state index contributed by atoms with van der Waals surface area (Å²) in [4.78, 5) is 6.11. The molecular weight excluding hydrogens is 226 g/mol. The van der Waals surface area contributed by atoms with Crippen LogP contribution in [0, 0.1) is 0 Å². The number of hydrogen-bond acceptors (Lipinski definition) is 2. The molecule has 0 aromatic heterocycles. The molecule has 0 unspecified atom stereocenters. The minimum Gasteiger partial charge on any atom is -0.489 e. The molecule has 0 aliphatic heterocycles. The normalized spacial score (nSPS) is 10.9. The number of para-hydroxylation sites is 1. The van der Waals surface area contributed by atoms with Crippen molar-refractivity contribution in [3.63, 3.8) is 0 Å². The highest BCUT2D eigenvalue weighted by atomic mass is 16.5. The summed E-state index contributed by atoms with van der Waals surface area (Å²) in [5.74, 6) is 1.72. The lowest BCUT2D eigenvalue weighted by Gasteiger charge is -2.18. The number of rotatable bonds is 5. The summed E-state index contributed by atoms with van der Waals surface area (Å²) < 4.78 is 5.60. The Morgan fingerprint density at radius 1 is 1.44 bits per heavy atom. The van der Waals surface area contributed by atoms with Crippen molar-refractivity contribution in [2.45, 2.75) is 6.54 Å². The Balaban J connectivity index is 2.69. The molecule has 0 aliphatic carbocycles. The van der Waals surface area contributed by atoms with Gasteiger partial charge in [-0.2, -0.15) is 0 Å². The Morgan fingerprint density at radius 2 is 2.17 bits per heavy atom. The molecule has 0 aliphatic rings. The van der Waals surface area contributed by atoms with Gasteiger partial charge in [0.05, 0.1) is 0 Å². The zero-order valence-corrected chi connectivity index (χ0v) is 11.3. The third-order valence-electron chi connectivity index (χ3n) is 2.40. The van der Waals surface area contributed by atoms with Gasteiger partial charge in [-0.1, -0.05) is 30.9 Å². The van der Waals surface area contributed by atoms with Crippen molar-refractivity contribution < 1.29 is 4.74 Å². The molecule has 0 fully saturated rings. The molecule has 1 rings (SSSR count). The van der Waals surface area contributed by atoms with Crippen LogP contribution in [0.25, 0.3) is 0 Å².